The first-order valence-corrected chi connectivity index (χ1v) is 8.67. The number of benzene rings is 1. The van der Waals surface area contributed by atoms with Crippen LogP contribution in [0.4, 0.5) is 10.6 Å². The zero-order valence-electron chi connectivity index (χ0n) is 14.6. The number of aryl methyl sites for hydroxylation is 1. The molecule has 132 valence electrons. The van der Waals surface area contributed by atoms with Crippen LogP contribution in [-0.4, -0.2) is 22.5 Å². The van der Waals surface area contributed by atoms with Crippen LogP contribution in [0, 0.1) is 11.3 Å². The summed E-state index contributed by atoms with van der Waals surface area (Å²) < 4.78 is 0. The second kappa shape index (κ2) is 6.89. The lowest BCUT2D eigenvalue weighted by Crippen LogP contribution is -2.40. The zero-order valence-corrected chi connectivity index (χ0v) is 14.6. The van der Waals surface area contributed by atoms with Crippen molar-refractivity contribution in [3.8, 4) is 28.3 Å². The summed E-state index contributed by atoms with van der Waals surface area (Å²) in [6, 6.07) is 13.2. The number of urea groups is 1. The maximum Gasteiger partial charge on any atom is 0.320 e. The first-order valence-electron chi connectivity index (χ1n) is 8.67. The molecule has 1 aromatic carbocycles. The van der Waals surface area contributed by atoms with Crippen molar-refractivity contribution >= 4 is 11.8 Å². The number of hydrogen-bond acceptors (Lipinski definition) is 4. The van der Waals surface area contributed by atoms with E-state index in [4.69, 9.17) is 11.0 Å². The number of nitriles is 1. The van der Waals surface area contributed by atoms with Gasteiger partial charge in [-0.05, 0) is 48.2 Å². The molecule has 0 saturated heterocycles. The van der Waals surface area contributed by atoms with Crippen molar-refractivity contribution in [2.45, 2.75) is 12.8 Å². The molecule has 6 nitrogen and oxygen atoms in total. The number of primary amides is 1. The molecule has 1 aliphatic rings. The molecule has 2 amide bonds. The van der Waals surface area contributed by atoms with Crippen molar-refractivity contribution in [2.24, 2.45) is 5.73 Å². The maximum atomic E-state index is 11.6. The number of hydrogen-bond donors (Lipinski definition) is 1. The molecule has 0 bridgehead atoms. The Kier molecular flexibility index (Phi) is 4.27. The average Bonchev–Trinajstić information content (AvgIpc) is 2.73. The Morgan fingerprint density at radius 3 is 2.44 bits per heavy atom. The maximum absolute atomic E-state index is 11.6. The van der Waals surface area contributed by atoms with Crippen molar-refractivity contribution in [3.63, 3.8) is 0 Å². The highest BCUT2D eigenvalue weighted by Crippen LogP contribution is 2.30. The molecule has 1 aliphatic heterocycles. The highest BCUT2D eigenvalue weighted by molar-refractivity contribution is 5.91. The van der Waals surface area contributed by atoms with Crippen molar-refractivity contribution < 1.29 is 4.79 Å². The van der Waals surface area contributed by atoms with E-state index in [0.717, 1.165) is 40.7 Å². The molecule has 6 heteroatoms. The van der Waals surface area contributed by atoms with E-state index >= 15 is 0 Å². The highest BCUT2D eigenvalue weighted by atomic mass is 16.2. The minimum Gasteiger partial charge on any atom is -0.351 e. The van der Waals surface area contributed by atoms with E-state index < -0.39 is 6.03 Å². The quantitative estimate of drug-likeness (QED) is 0.761. The van der Waals surface area contributed by atoms with Crippen LogP contribution in [0.2, 0.25) is 0 Å². The predicted octanol–water partition coefficient (Wildman–Crippen LogP) is 3.51. The smallest absolute Gasteiger partial charge is 0.320 e. The molecule has 0 fully saturated rings. The molecule has 2 aromatic heterocycles. The average molecular weight is 355 g/mol. The van der Waals surface area contributed by atoms with Crippen LogP contribution in [0.1, 0.15) is 17.5 Å². The molecule has 2 N–H and O–H groups in total. The van der Waals surface area contributed by atoms with Crippen LogP contribution in [-0.2, 0) is 6.42 Å². The molecular formula is C21H17N5O. The summed E-state index contributed by atoms with van der Waals surface area (Å²) >= 11 is 0. The van der Waals surface area contributed by atoms with Gasteiger partial charge in [0.05, 0.1) is 11.6 Å². The fraction of sp³-hybridized carbons (Fsp3) is 0.143. The highest BCUT2D eigenvalue weighted by Gasteiger charge is 2.22. The fourth-order valence-corrected chi connectivity index (χ4v) is 3.33. The SMILES string of the molecule is N#Cc1ccc(-c2cncc(-c3cnc4c(c3)CCCN4C(N)=O)c2)cc1. The second-order valence-corrected chi connectivity index (χ2v) is 6.45. The summed E-state index contributed by atoms with van der Waals surface area (Å²) in [5.41, 5.74) is 10.9. The summed E-state index contributed by atoms with van der Waals surface area (Å²) in [6.45, 7) is 0.602. The molecule has 0 unspecified atom stereocenters. The summed E-state index contributed by atoms with van der Waals surface area (Å²) in [6.07, 6.45) is 7.07. The Labute approximate surface area is 156 Å². The van der Waals surface area contributed by atoms with Gasteiger partial charge in [0.25, 0.3) is 0 Å². The summed E-state index contributed by atoms with van der Waals surface area (Å²) in [5, 5.41) is 8.94. The normalized spacial score (nSPS) is 12.9. The Morgan fingerprint density at radius 1 is 1.04 bits per heavy atom. The largest absolute Gasteiger partial charge is 0.351 e. The van der Waals surface area contributed by atoms with E-state index in [1.807, 2.05) is 18.2 Å². The number of fused-ring (bicyclic) bond motifs is 1. The first-order chi connectivity index (χ1) is 13.2. The number of anilines is 1. The lowest BCUT2D eigenvalue weighted by atomic mass is 9.99. The van der Waals surface area contributed by atoms with Gasteiger partial charge in [-0.1, -0.05) is 12.1 Å². The molecule has 0 saturated carbocycles. The molecule has 3 heterocycles. The van der Waals surface area contributed by atoms with Crippen molar-refractivity contribution in [1.82, 2.24) is 9.97 Å². The molecular weight excluding hydrogens is 338 g/mol. The molecule has 0 aliphatic carbocycles. The molecule has 0 spiro atoms. The number of amides is 2. The lowest BCUT2D eigenvalue weighted by molar-refractivity contribution is 0.253. The summed E-state index contributed by atoms with van der Waals surface area (Å²) in [4.78, 5) is 22.0. The van der Waals surface area contributed by atoms with Crippen LogP contribution in [0.25, 0.3) is 22.3 Å². The fourth-order valence-electron chi connectivity index (χ4n) is 3.33. The number of aromatic nitrogens is 2. The standard InChI is InChI=1S/C21H17N5O/c22-10-14-3-5-15(6-4-14)17-9-18(12-24-11-17)19-8-16-2-1-7-26(21(23)27)20(16)25-13-19/h3-6,8-9,11-13H,1-2,7H2,(H2,23,27). The van der Waals surface area contributed by atoms with Gasteiger partial charge < -0.3 is 5.73 Å². The van der Waals surface area contributed by atoms with Crippen LogP contribution < -0.4 is 10.6 Å². The minimum absolute atomic E-state index is 0.472. The van der Waals surface area contributed by atoms with E-state index in [-0.39, 0.29) is 0 Å². The Hall–Kier alpha value is -3.72. The van der Waals surface area contributed by atoms with Gasteiger partial charge in [0.2, 0.25) is 0 Å². The van der Waals surface area contributed by atoms with Gasteiger partial charge >= 0.3 is 6.03 Å². The van der Waals surface area contributed by atoms with Crippen LogP contribution in [0.5, 0.6) is 0 Å². The number of pyridine rings is 2. The van der Waals surface area contributed by atoms with Crippen LogP contribution >= 0.6 is 0 Å². The molecule has 4 rings (SSSR count). The van der Waals surface area contributed by atoms with Gasteiger partial charge in [0, 0.05) is 41.8 Å². The number of carbonyl (C=O) groups is 1. The molecule has 3 aromatic rings. The number of carbonyl (C=O) groups excluding carboxylic acids is 1. The third-order valence-electron chi connectivity index (χ3n) is 4.71. The number of nitrogens with two attached hydrogens (primary N) is 1. The summed E-state index contributed by atoms with van der Waals surface area (Å²) in [7, 11) is 0. The third kappa shape index (κ3) is 3.23. The number of rotatable bonds is 2. The van der Waals surface area contributed by atoms with Gasteiger partial charge in [0.1, 0.15) is 5.82 Å². The van der Waals surface area contributed by atoms with Gasteiger partial charge in [-0.2, -0.15) is 5.26 Å². The molecule has 0 radical (unpaired) electrons. The third-order valence-corrected chi connectivity index (χ3v) is 4.71. The van der Waals surface area contributed by atoms with Crippen LogP contribution in [0.3, 0.4) is 0 Å². The van der Waals surface area contributed by atoms with Gasteiger partial charge in [-0.15, -0.1) is 0 Å². The Morgan fingerprint density at radius 2 is 1.74 bits per heavy atom. The number of nitrogens with zero attached hydrogens (tertiary/aromatic N) is 4. The van der Waals surface area contributed by atoms with Crippen molar-refractivity contribution in [3.05, 3.63) is 66.1 Å². The minimum atomic E-state index is -0.472. The predicted molar refractivity (Wildman–Crippen MR) is 103 cm³/mol. The Balaban J connectivity index is 1.70. The first kappa shape index (κ1) is 16.7. The van der Waals surface area contributed by atoms with Gasteiger partial charge in [-0.3, -0.25) is 9.88 Å². The van der Waals surface area contributed by atoms with Crippen molar-refractivity contribution in [2.75, 3.05) is 11.4 Å². The molecule has 27 heavy (non-hydrogen) atoms. The van der Waals surface area contributed by atoms with E-state index in [1.54, 1.807) is 30.7 Å². The van der Waals surface area contributed by atoms with Gasteiger partial charge in [0.15, 0.2) is 0 Å². The van der Waals surface area contributed by atoms with Crippen LogP contribution in [0.15, 0.2) is 55.0 Å². The van der Waals surface area contributed by atoms with Gasteiger partial charge in [-0.25, -0.2) is 9.78 Å². The lowest BCUT2D eigenvalue weighted by Gasteiger charge is -2.26. The monoisotopic (exact) mass is 355 g/mol. The van der Waals surface area contributed by atoms with E-state index in [0.29, 0.717) is 17.9 Å². The van der Waals surface area contributed by atoms with E-state index in [2.05, 4.69) is 22.1 Å². The van der Waals surface area contributed by atoms with Crippen molar-refractivity contribution in [1.29, 1.82) is 5.26 Å². The zero-order chi connectivity index (χ0) is 18.8. The van der Waals surface area contributed by atoms with E-state index in [1.165, 1.54) is 4.90 Å². The topological polar surface area (TPSA) is 95.9 Å². The second-order valence-electron chi connectivity index (χ2n) is 6.45. The summed E-state index contributed by atoms with van der Waals surface area (Å²) in [5.74, 6) is 0.647. The Bertz CT molecular complexity index is 1050. The molecule has 0 atom stereocenters. The van der Waals surface area contributed by atoms with E-state index in [9.17, 15) is 4.79 Å².